The Kier molecular flexibility index (Phi) is 13.9. The molecule has 0 aromatic heterocycles. The van der Waals surface area contributed by atoms with E-state index in [0.29, 0.717) is 36.9 Å². The first kappa shape index (κ1) is 34.7. The monoisotopic (exact) mass is 730 g/mol. The molecule has 45 heavy (non-hydrogen) atoms. The summed E-state index contributed by atoms with van der Waals surface area (Å²) in [4.78, 5) is 13.3. The predicted molar refractivity (Wildman–Crippen MR) is 186 cm³/mol. The van der Waals surface area contributed by atoms with Gasteiger partial charge in [0.25, 0.3) is 0 Å². The highest BCUT2D eigenvalue weighted by molar-refractivity contribution is 14.1. The zero-order valence-electron chi connectivity index (χ0n) is 27.0. The first-order chi connectivity index (χ1) is 21.9. The molecule has 1 N–H and O–H groups in total. The molecule has 0 radical (unpaired) electrons. The number of benzene rings is 3. The third-order valence-electron chi connectivity index (χ3n) is 8.25. The fourth-order valence-corrected chi connectivity index (χ4v) is 5.96. The Morgan fingerprint density at radius 3 is 2.20 bits per heavy atom. The molecule has 0 saturated heterocycles. The van der Waals surface area contributed by atoms with Gasteiger partial charge in [-0.05, 0) is 61.1 Å². The molecule has 244 valence electrons. The van der Waals surface area contributed by atoms with Gasteiger partial charge in [-0.2, -0.15) is 0 Å². The normalized spacial score (nSPS) is 14.1. The van der Waals surface area contributed by atoms with E-state index in [1.807, 2.05) is 60.7 Å². The lowest BCUT2D eigenvalue weighted by Gasteiger charge is -2.23. The summed E-state index contributed by atoms with van der Waals surface area (Å²) >= 11 is 2.31. The number of amides is 1. The third-order valence-corrected chi connectivity index (χ3v) is 9.27. The number of hydrogen-bond acceptors (Lipinski definition) is 7. The molecule has 1 amide bonds. The molecule has 0 aliphatic heterocycles. The van der Waals surface area contributed by atoms with Crippen molar-refractivity contribution in [1.82, 2.24) is 8.43 Å². The minimum Gasteiger partial charge on any atom is -0.497 e. The van der Waals surface area contributed by atoms with Gasteiger partial charge in [0.2, 0.25) is 5.91 Å². The van der Waals surface area contributed by atoms with Crippen LogP contribution in [0.4, 0.5) is 0 Å². The smallest absolute Gasteiger partial charge is 0.220 e. The Labute approximate surface area is 282 Å². The summed E-state index contributed by atoms with van der Waals surface area (Å²) in [6.45, 7) is 4.95. The van der Waals surface area contributed by atoms with Gasteiger partial charge in [0.15, 0.2) is 0 Å². The molecule has 0 spiro atoms. The van der Waals surface area contributed by atoms with Crippen LogP contribution < -0.4 is 29.0 Å². The number of rotatable bonds is 17. The molecule has 0 bridgehead atoms. The molecule has 3 aromatic carbocycles. The lowest BCUT2D eigenvalue weighted by atomic mass is 9.90. The second-order valence-electron chi connectivity index (χ2n) is 11.4. The largest absolute Gasteiger partial charge is 0.497 e. The van der Waals surface area contributed by atoms with Crippen LogP contribution >= 0.6 is 22.9 Å². The molecule has 8 nitrogen and oxygen atoms in total. The average Bonchev–Trinajstić information content (AvgIpc) is 3.09. The molecular formula is C36H47IN2O6. The van der Waals surface area contributed by atoms with Crippen molar-refractivity contribution in [2.45, 2.75) is 64.5 Å². The van der Waals surface area contributed by atoms with E-state index in [-0.39, 0.29) is 5.91 Å². The maximum Gasteiger partial charge on any atom is 0.220 e. The Hall–Kier alpha value is -3.18. The molecule has 9 heteroatoms. The van der Waals surface area contributed by atoms with Gasteiger partial charge in [0, 0.05) is 65.6 Å². The molecule has 1 atom stereocenters. The molecule has 3 aromatic rings. The van der Waals surface area contributed by atoms with Crippen LogP contribution in [0.1, 0.15) is 74.6 Å². The zero-order chi connectivity index (χ0) is 32.0. The van der Waals surface area contributed by atoms with E-state index in [1.165, 1.54) is 32.1 Å². The van der Waals surface area contributed by atoms with Crippen LogP contribution in [0.3, 0.4) is 0 Å². The second kappa shape index (κ2) is 18.1. The number of carbonyl (C=O) groups excluding carboxylic acids is 1. The van der Waals surface area contributed by atoms with Gasteiger partial charge in [-0.1, -0.05) is 44.4 Å². The van der Waals surface area contributed by atoms with Crippen molar-refractivity contribution in [1.29, 1.82) is 0 Å². The molecule has 4 rings (SSSR count). The van der Waals surface area contributed by atoms with Crippen LogP contribution in [-0.2, 0) is 11.3 Å². The zero-order valence-corrected chi connectivity index (χ0v) is 29.1. The van der Waals surface area contributed by atoms with Crippen molar-refractivity contribution in [2.24, 2.45) is 5.92 Å². The van der Waals surface area contributed by atoms with Crippen molar-refractivity contribution >= 4 is 28.8 Å². The van der Waals surface area contributed by atoms with Gasteiger partial charge >= 0.3 is 0 Å². The number of methoxy groups -OCH3 is 3. The van der Waals surface area contributed by atoms with E-state index in [4.69, 9.17) is 23.7 Å². The fourth-order valence-electron chi connectivity index (χ4n) is 5.59. The van der Waals surface area contributed by atoms with E-state index in [9.17, 15) is 4.79 Å². The van der Waals surface area contributed by atoms with Crippen molar-refractivity contribution < 1.29 is 28.5 Å². The van der Waals surface area contributed by atoms with E-state index >= 15 is 0 Å². The number of hydrogen-bond donors (Lipinski definition) is 1. The van der Waals surface area contributed by atoms with Crippen LogP contribution in [0.2, 0.25) is 0 Å². The Morgan fingerprint density at radius 1 is 0.867 bits per heavy atom. The molecular weight excluding hydrogens is 683 g/mol. The van der Waals surface area contributed by atoms with Crippen LogP contribution in [0.15, 0.2) is 60.7 Å². The van der Waals surface area contributed by atoms with Gasteiger partial charge in [0.1, 0.15) is 28.7 Å². The minimum absolute atomic E-state index is 0.0746. The average molecular weight is 731 g/mol. The highest BCUT2D eigenvalue weighted by Gasteiger charge is 2.22. The van der Waals surface area contributed by atoms with Crippen LogP contribution in [-0.4, -0.2) is 50.1 Å². The second-order valence-corrected chi connectivity index (χ2v) is 12.7. The van der Waals surface area contributed by atoms with Crippen LogP contribution in [0, 0.1) is 5.92 Å². The minimum atomic E-state index is -0.416. The summed E-state index contributed by atoms with van der Waals surface area (Å²) in [5.41, 5.74) is 2.86. The van der Waals surface area contributed by atoms with Crippen LogP contribution in [0.5, 0.6) is 28.7 Å². The van der Waals surface area contributed by atoms with Gasteiger partial charge in [-0.25, -0.2) is 3.11 Å². The van der Waals surface area contributed by atoms with Crippen molar-refractivity contribution in [3.63, 3.8) is 0 Å². The summed E-state index contributed by atoms with van der Waals surface area (Å²) in [6.07, 6.45) is 7.27. The standard InChI is InChI=1S/C36H47IN2O6/c1-5-39(37)24-28-15-18-30(41-2)22-33(28)44-21-9-12-35(40)38-36(32-20-19-31(42-3)23-34(32)43-4)27-13-16-29(17-14-27)45-25-26-10-7-6-8-11-26/h13-20,22-23,26,36H,5-12,21,24-25H2,1-4H3,(H,38,40). The molecule has 1 aliphatic carbocycles. The Morgan fingerprint density at radius 2 is 1.53 bits per heavy atom. The number of nitrogens with one attached hydrogen (secondary N) is 1. The van der Waals surface area contributed by atoms with E-state index in [0.717, 1.165) is 53.6 Å². The van der Waals surface area contributed by atoms with Crippen molar-refractivity contribution in [3.8, 4) is 28.7 Å². The molecule has 1 aliphatic rings. The SMILES string of the molecule is CCN(I)Cc1ccc(OC)cc1OCCCC(=O)NC(c1ccc(OCC2CCCCC2)cc1)c1ccc(OC)cc1OC. The predicted octanol–water partition coefficient (Wildman–Crippen LogP) is 7.91. The fraction of sp³-hybridized carbons (Fsp3) is 0.472. The number of carbonyl (C=O) groups is 1. The topological polar surface area (TPSA) is 78.5 Å². The van der Waals surface area contributed by atoms with Gasteiger partial charge in [-0.3, -0.25) is 4.79 Å². The van der Waals surface area contributed by atoms with E-state index in [2.05, 4.69) is 38.2 Å². The quantitative estimate of drug-likeness (QED) is 0.0860. The molecule has 1 fully saturated rings. The van der Waals surface area contributed by atoms with Crippen LogP contribution in [0.25, 0.3) is 0 Å². The Bertz CT molecular complexity index is 1350. The highest BCUT2D eigenvalue weighted by atomic mass is 127. The molecule has 1 saturated carbocycles. The Balaban J connectivity index is 1.42. The number of ether oxygens (including phenoxy) is 5. The van der Waals surface area contributed by atoms with Crippen molar-refractivity contribution in [3.05, 3.63) is 77.4 Å². The van der Waals surface area contributed by atoms with Gasteiger partial charge in [-0.15, -0.1) is 0 Å². The summed E-state index contributed by atoms with van der Waals surface area (Å²) in [5.74, 6) is 4.24. The van der Waals surface area contributed by atoms with Gasteiger partial charge in [0.05, 0.1) is 40.6 Å². The summed E-state index contributed by atoms with van der Waals surface area (Å²) in [5, 5.41) is 3.24. The number of nitrogens with zero attached hydrogens (tertiary/aromatic N) is 1. The molecule has 0 heterocycles. The highest BCUT2D eigenvalue weighted by Crippen LogP contribution is 2.34. The van der Waals surface area contributed by atoms with Crippen molar-refractivity contribution in [2.75, 3.05) is 41.1 Å². The molecule has 1 unspecified atom stereocenters. The third kappa shape index (κ3) is 10.4. The summed E-state index contributed by atoms with van der Waals surface area (Å²) < 4.78 is 31.0. The summed E-state index contributed by atoms with van der Waals surface area (Å²) in [7, 11) is 4.89. The first-order valence-electron chi connectivity index (χ1n) is 15.9. The lowest BCUT2D eigenvalue weighted by molar-refractivity contribution is -0.121. The summed E-state index contributed by atoms with van der Waals surface area (Å²) in [6, 6.07) is 19.1. The van der Waals surface area contributed by atoms with E-state index < -0.39 is 6.04 Å². The lowest BCUT2D eigenvalue weighted by Crippen LogP contribution is -2.29. The maximum absolute atomic E-state index is 13.3. The first-order valence-corrected chi connectivity index (χ1v) is 16.8. The van der Waals surface area contributed by atoms with Gasteiger partial charge < -0.3 is 29.0 Å². The maximum atomic E-state index is 13.3. The number of halogens is 1. The van der Waals surface area contributed by atoms with E-state index in [1.54, 1.807) is 21.3 Å².